The minimum atomic E-state index is 0.855. The van der Waals surface area contributed by atoms with Gasteiger partial charge in [-0.15, -0.1) is 0 Å². The molecule has 0 nitrogen and oxygen atoms in total. The van der Waals surface area contributed by atoms with E-state index in [0.29, 0.717) is 0 Å². The molecule has 0 aliphatic carbocycles. The van der Waals surface area contributed by atoms with Crippen molar-refractivity contribution >= 4 is 27.3 Å². The molecule has 0 bridgehead atoms. The first-order valence-corrected chi connectivity index (χ1v) is 11.6. The molecular weight excluding hydrogens is 290 g/mol. The molecule has 0 heterocycles. The second-order valence-electron chi connectivity index (χ2n) is 3.66. The van der Waals surface area contributed by atoms with Crippen molar-refractivity contribution in [3.63, 3.8) is 0 Å². The van der Waals surface area contributed by atoms with E-state index >= 15 is 0 Å². The van der Waals surface area contributed by atoms with Gasteiger partial charge < -0.3 is 0 Å². The van der Waals surface area contributed by atoms with Gasteiger partial charge >= 0.3 is 97.3 Å². The molecule has 0 atom stereocenters. The van der Waals surface area contributed by atoms with E-state index in [0.717, 1.165) is 13.1 Å². The zero-order valence-electron chi connectivity index (χ0n) is 8.93. The van der Waals surface area contributed by atoms with E-state index in [1.165, 1.54) is 63.1 Å². The molecular formula is C11H24Se2. The van der Waals surface area contributed by atoms with Crippen LogP contribution in [0.5, 0.6) is 0 Å². The van der Waals surface area contributed by atoms with Gasteiger partial charge in [0.15, 0.2) is 0 Å². The Kier molecular flexibility index (Phi) is 14.1. The number of hydrogen-bond donors (Lipinski definition) is 0. The van der Waals surface area contributed by atoms with Gasteiger partial charge in [-0.3, -0.25) is 0 Å². The summed E-state index contributed by atoms with van der Waals surface area (Å²) in [6.07, 6.45) is 13.1. The van der Waals surface area contributed by atoms with Crippen LogP contribution in [0.3, 0.4) is 0 Å². The Bertz CT molecular complexity index is 74.2. The summed E-state index contributed by atoms with van der Waals surface area (Å²) in [5.41, 5.74) is 0. The fourth-order valence-corrected chi connectivity index (χ4v) is 3.58. The van der Waals surface area contributed by atoms with Crippen molar-refractivity contribution in [3.8, 4) is 0 Å². The first kappa shape index (κ1) is 14.0. The molecule has 13 heavy (non-hydrogen) atoms. The molecule has 0 rings (SSSR count). The molecule has 80 valence electrons. The predicted octanol–water partition coefficient (Wildman–Crippen LogP) is 3.46. The van der Waals surface area contributed by atoms with Gasteiger partial charge in [0.25, 0.3) is 0 Å². The third-order valence-electron chi connectivity index (χ3n) is 2.34. The molecule has 2 heteroatoms. The minimum absolute atomic E-state index is 0.855. The van der Waals surface area contributed by atoms with Crippen molar-refractivity contribution in [3.05, 3.63) is 0 Å². The summed E-state index contributed by atoms with van der Waals surface area (Å²) in [5, 5.41) is 1.48. The fraction of sp³-hybridized carbons (Fsp3) is 1.00. The Morgan fingerprint density at radius 2 is 1.23 bits per heavy atom. The Hall–Kier alpha value is 1.04. The molecule has 0 aromatic rings. The van der Waals surface area contributed by atoms with Gasteiger partial charge in [-0.2, -0.15) is 0 Å². The molecule has 0 aromatic carbocycles. The van der Waals surface area contributed by atoms with Crippen LogP contribution >= 0.6 is 0 Å². The van der Waals surface area contributed by atoms with Crippen molar-refractivity contribution in [2.75, 3.05) is 0 Å². The molecule has 0 fully saturated rings. The molecule has 0 spiro atoms. The third kappa shape index (κ3) is 13.0. The van der Waals surface area contributed by atoms with E-state index in [2.05, 4.69) is 21.1 Å². The third-order valence-corrected chi connectivity index (χ3v) is 5.32. The molecule has 0 aliphatic rings. The summed E-state index contributed by atoms with van der Waals surface area (Å²) in [7, 11) is 0. The molecule has 0 aromatic heterocycles. The van der Waals surface area contributed by atoms with Crippen LogP contribution in [0.1, 0.15) is 64.7 Å². The summed E-state index contributed by atoms with van der Waals surface area (Å²) in [4.78, 5) is 0. The summed E-state index contributed by atoms with van der Waals surface area (Å²) in [6, 6.07) is 0. The van der Waals surface area contributed by atoms with Crippen LogP contribution in [0, 0.1) is 0 Å². The second-order valence-corrected chi connectivity index (χ2v) is 7.87. The van der Waals surface area contributed by atoms with Gasteiger partial charge in [-0.05, 0) is 0 Å². The van der Waals surface area contributed by atoms with Crippen LogP contribution in [0.25, 0.3) is 0 Å². The van der Waals surface area contributed by atoms with Gasteiger partial charge in [0, 0.05) is 0 Å². The summed E-state index contributed by atoms with van der Waals surface area (Å²) in [6.45, 7) is 2.28. The molecule has 0 N–H and O–H groups in total. The first-order valence-electron chi connectivity index (χ1n) is 5.68. The van der Waals surface area contributed by atoms with Crippen LogP contribution in [-0.4, -0.2) is 27.3 Å². The SMILES string of the molecule is CCCCCCCCCCC[Se][SeH]. The standard InChI is InChI=1S/C11H24Se2/c1-2-3-4-5-6-7-8-9-10-11-13-12/h12H,2-11H2,1H3. The van der Waals surface area contributed by atoms with Crippen LogP contribution in [0.15, 0.2) is 0 Å². The molecule has 0 unspecified atom stereocenters. The average molecular weight is 314 g/mol. The van der Waals surface area contributed by atoms with E-state index in [9.17, 15) is 0 Å². The van der Waals surface area contributed by atoms with Crippen LogP contribution in [0.4, 0.5) is 0 Å². The monoisotopic (exact) mass is 316 g/mol. The van der Waals surface area contributed by atoms with Gasteiger partial charge in [0.2, 0.25) is 0 Å². The van der Waals surface area contributed by atoms with E-state index < -0.39 is 0 Å². The molecule has 0 aliphatic heterocycles. The molecule has 0 radical (unpaired) electrons. The zero-order valence-corrected chi connectivity index (χ0v) is 12.5. The fourth-order valence-electron chi connectivity index (χ4n) is 1.48. The number of unbranched alkanes of at least 4 members (excludes halogenated alkanes) is 8. The van der Waals surface area contributed by atoms with Crippen LogP contribution in [-0.2, 0) is 0 Å². The maximum absolute atomic E-state index is 2.74. The van der Waals surface area contributed by atoms with E-state index in [-0.39, 0.29) is 0 Å². The molecule has 0 saturated carbocycles. The van der Waals surface area contributed by atoms with Gasteiger partial charge in [-0.1, -0.05) is 0 Å². The van der Waals surface area contributed by atoms with Crippen LogP contribution < -0.4 is 0 Å². The topological polar surface area (TPSA) is 0 Å². The van der Waals surface area contributed by atoms with Gasteiger partial charge in [-0.25, -0.2) is 0 Å². The summed E-state index contributed by atoms with van der Waals surface area (Å²) < 4.78 is 0. The Balaban J connectivity index is 2.76. The van der Waals surface area contributed by atoms with Gasteiger partial charge in [0.05, 0.1) is 0 Å². The molecule has 0 saturated heterocycles. The van der Waals surface area contributed by atoms with Crippen molar-refractivity contribution in [1.82, 2.24) is 0 Å². The summed E-state index contributed by atoms with van der Waals surface area (Å²) >= 11 is 3.59. The average Bonchev–Trinajstić information content (AvgIpc) is 2.16. The van der Waals surface area contributed by atoms with Crippen molar-refractivity contribution < 1.29 is 0 Å². The molecule has 0 amide bonds. The van der Waals surface area contributed by atoms with Crippen molar-refractivity contribution in [2.45, 2.75) is 70.0 Å². The normalized spacial score (nSPS) is 10.6. The quantitative estimate of drug-likeness (QED) is 0.428. The predicted molar refractivity (Wildman–Crippen MR) is 64.9 cm³/mol. The van der Waals surface area contributed by atoms with Crippen molar-refractivity contribution in [1.29, 1.82) is 0 Å². The Morgan fingerprint density at radius 1 is 0.769 bits per heavy atom. The number of hydrogen-bond acceptors (Lipinski definition) is 0. The number of rotatable bonds is 10. The van der Waals surface area contributed by atoms with E-state index in [4.69, 9.17) is 0 Å². The maximum atomic E-state index is 2.74. The zero-order chi connectivity index (χ0) is 9.78. The Labute approximate surface area is 97.2 Å². The van der Waals surface area contributed by atoms with Gasteiger partial charge in [0.1, 0.15) is 0 Å². The van der Waals surface area contributed by atoms with Crippen molar-refractivity contribution in [2.24, 2.45) is 0 Å². The first-order chi connectivity index (χ1) is 6.41. The second kappa shape index (κ2) is 13.0. The summed E-state index contributed by atoms with van der Waals surface area (Å²) in [5.74, 6) is 0. The van der Waals surface area contributed by atoms with E-state index in [1.807, 2.05) is 0 Å². The van der Waals surface area contributed by atoms with E-state index in [1.54, 1.807) is 0 Å². The Morgan fingerprint density at radius 3 is 1.69 bits per heavy atom. The van der Waals surface area contributed by atoms with Crippen LogP contribution in [0.2, 0.25) is 5.32 Å².